The fourth-order valence-corrected chi connectivity index (χ4v) is 5.25. The van der Waals surface area contributed by atoms with Crippen LogP contribution < -0.4 is 9.47 Å². The van der Waals surface area contributed by atoms with Crippen LogP contribution in [0.3, 0.4) is 0 Å². The molecule has 0 amide bonds. The van der Waals surface area contributed by atoms with Crippen LogP contribution in [-0.4, -0.2) is 84.1 Å². The van der Waals surface area contributed by atoms with Crippen molar-refractivity contribution in [3.05, 3.63) is 66.8 Å². The third kappa shape index (κ3) is 8.92. The summed E-state index contributed by atoms with van der Waals surface area (Å²) in [6.45, 7) is 11.4. The van der Waals surface area contributed by atoms with Gasteiger partial charge in [0.2, 0.25) is 5.88 Å². The Kier molecular flexibility index (Phi) is 11.5. The predicted octanol–water partition coefficient (Wildman–Crippen LogP) is 6.43. The summed E-state index contributed by atoms with van der Waals surface area (Å²) < 4.78 is 39.9. The first-order valence-electron chi connectivity index (χ1n) is 16.1. The molecule has 5 aromatic rings. The Morgan fingerprint density at radius 2 is 1.51 bits per heavy atom. The Bertz CT molecular complexity index is 1860. The zero-order chi connectivity index (χ0) is 35.0. The lowest BCUT2D eigenvalue weighted by Gasteiger charge is -2.20. The quantitative estimate of drug-likeness (QED) is 0.0891. The normalized spacial score (nSPS) is 12.4. The molecular weight excluding hydrogens is 632 g/mol. The molecule has 0 spiro atoms. The van der Waals surface area contributed by atoms with Gasteiger partial charge in [0.25, 0.3) is 5.88 Å². The van der Waals surface area contributed by atoms with Crippen molar-refractivity contribution in [1.82, 2.24) is 19.7 Å². The molecule has 0 N–H and O–H groups in total. The lowest BCUT2D eigenvalue weighted by molar-refractivity contribution is -0.144. The van der Waals surface area contributed by atoms with E-state index >= 15 is 0 Å². The molecule has 0 bridgehead atoms. The second-order valence-electron chi connectivity index (χ2n) is 12.6. The van der Waals surface area contributed by atoms with Gasteiger partial charge in [0.05, 0.1) is 44.6 Å². The largest absolute Gasteiger partial charge is 0.475 e. The maximum atomic E-state index is 13.2. The topological polar surface area (TPSA) is 146 Å². The van der Waals surface area contributed by atoms with Crippen LogP contribution in [-0.2, 0) is 23.7 Å². The summed E-state index contributed by atoms with van der Waals surface area (Å²) in [5.41, 5.74) is 2.58. The molecule has 13 nitrogen and oxygen atoms in total. The summed E-state index contributed by atoms with van der Waals surface area (Å²) in [5, 5.41) is 5.64. The highest BCUT2D eigenvalue weighted by molar-refractivity contribution is 6.13. The Labute approximate surface area is 284 Å². The number of methoxy groups -OCH3 is 1. The summed E-state index contributed by atoms with van der Waals surface area (Å²) in [7, 11) is 1.34. The summed E-state index contributed by atoms with van der Waals surface area (Å²) in [6.07, 6.45) is 4.71. The fraction of sp³-hybridized carbons (Fsp3) is 0.417. The van der Waals surface area contributed by atoms with E-state index in [-0.39, 0.29) is 24.4 Å². The number of carbonyl (C=O) groups is 2. The average molecular weight is 675 g/mol. The molecule has 4 heterocycles. The number of hydrogen-bond acceptors (Lipinski definition) is 12. The molecule has 1 atom stereocenters. The average Bonchev–Trinajstić information content (AvgIpc) is 3.67. The smallest absolute Gasteiger partial charge is 0.419 e. The Morgan fingerprint density at radius 1 is 0.816 bits per heavy atom. The van der Waals surface area contributed by atoms with Crippen molar-refractivity contribution in [1.29, 1.82) is 0 Å². The van der Waals surface area contributed by atoms with Gasteiger partial charge in [-0.15, -0.1) is 0 Å². The molecule has 0 fully saturated rings. The van der Waals surface area contributed by atoms with E-state index in [0.29, 0.717) is 44.7 Å². The van der Waals surface area contributed by atoms with Crippen molar-refractivity contribution >= 4 is 33.9 Å². The van der Waals surface area contributed by atoms with Gasteiger partial charge in [-0.1, -0.05) is 26.0 Å². The van der Waals surface area contributed by atoms with Crippen LogP contribution in [0.2, 0.25) is 0 Å². The van der Waals surface area contributed by atoms with E-state index in [2.05, 4.69) is 15.1 Å². The molecule has 13 heteroatoms. The van der Waals surface area contributed by atoms with Gasteiger partial charge in [-0.25, -0.2) is 14.3 Å². The van der Waals surface area contributed by atoms with Crippen LogP contribution in [0.1, 0.15) is 46.3 Å². The molecule has 0 aliphatic heterocycles. The number of fused-ring (bicyclic) bond motifs is 3. The van der Waals surface area contributed by atoms with E-state index < -0.39 is 17.6 Å². The van der Waals surface area contributed by atoms with E-state index in [1.807, 2.05) is 65.0 Å². The Balaban J connectivity index is 1.04. The van der Waals surface area contributed by atoms with Crippen LogP contribution in [0.25, 0.3) is 32.9 Å². The van der Waals surface area contributed by atoms with Gasteiger partial charge in [-0.2, -0.15) is 0 Å². The summed E-state index contributed by atoms with van der Waals surface area (Å²) in [6, 6.07) is 13.1. The van der Waals surface area contributed by atoms with Crippen molar-refractivity contribution in [2.45, 2.75) is 46.1 Å². The third-order valence-corrected chi connectivity index (χ3v) is 7.48. The van der Waals surface area contributed by atoms with E-state index in [1.165, 1.54) is 7.11 Å². The monoisotopic (exact) mass is 674 g/mol. The van der Waals surface area contributed by atoms with Gasteiger partial charge >= 0.3 is 12.1 Å². The van der Waals surface area contributed by atoms with E-state index in [0.717, 1.165) is 32.9 Å². The van der Waals surface area contributed by atoms with Crippen molar-refractivity contribution in [3.8, 4) is 22.9 Å². The number of aromatic nitrogens is 4. The minimum absolute atomic E-state index is 0.0146. The van der Waals surface area contributed by atoms with Gasteiger partial charge < -0.3 is 32.9 Å². The van der Waals surface area contributed by atoms with Crippen LogP contribution in [0.5, 0.6) is 11.8 Å². The molecule has 0 radical (unpaired) electrons. The summed E-state index contributed by atoms with van der Waals surface area (Å²) in [5.74, 6) is 0.209. The molecule has 260 valence electrons. The molecule has 4 aromatic heterocycles. The van der Waals surface area contributed by atoms with Crippen molar-refractivity contribution < 1.29 is 42.5 Å². The number of pyridine rings is 2. The molecule has 5 rings (SSSR count). The van der Waals surface area contributed by atoms with Gasteiger partial charge in [-0.05, 0) is 55.6 Å². The predicted molar refractivity (Wildman–Crippen MR) is 181 cm³/mol. The van der Waals surface area contributed by atoms with Gasteiger partial charge in [0.1, 0.15) is 24.7 Å². The van der Waals surface area contributed by atoms with Crippen molar-refractivity contribution in [2.75, 3.05) is 46.8 Å². The number of carbonyl (C=O) groups excluding carboxylic acids is 2. The standard InChI is InChI=1S/C36H42N4O9/c1-23(2)33(34(41)43-6)30-20-32(39-49-30)47-18-16-45-14-13-44-15-17-46-31-10-8-25(21-38-31)24-7-9-26-27-22-37-12-11-28(27)40(29(26)19-24)35(42)48-36(3,4)5/h7-12,19-23,33H,13-18H2,1-6H3. The molecule has 1 unspecified atom stereocenters. The van der Waals surface area contributed by atoms with Gasteiger partial charge in [0, 0.05) is 47.1 Å². The molecule has 1 aromatic carbocycles. The molecular formula is C36H42N4O9. The fourth-order valence-electron chi connectivity index (χ4n) is 5.25. The second kappa shape index (κ2) is 15.9. The Hall–Kier alpha value is -5.01. The zero-order valence-electron chi connectivity index (χ0n) is 28.6. The lowest BCUT2D eigenvalue weighted by atomic mass is 9.93. The first-order chi connectivity index (χ1) is 23.6. The van der Waals surface area contributed by atoms with E-state index in [4.69, 9.17) is 32.9 Å². The maximum Gasteiger partial charge on any atom is 0.419 e. The highest BCUT2D eigenvalue weighted by atomic mass is 16.6. The summed E-state index contributed by atoms with van der Waals surface area (Å²) in [4.78, 5) is 34.0. The highest BCUT2D eigenvalue weighted by Gasteiger charge is 2.29. The Morgan fingerprint density at radius 3 is 2.16 bits per heavy atom. The van der Waals surface area contributed by atoms with E-state index in [9.17, 15) is 9.59 Å². The minimum atomic E-state index is -0.641. The SMILES string of the molecule is COC(=O)C(c1cc(OCCOCCOCCOc2ccc(-c3ccc4c5cnccc5n(C(=O)OC(C)(C)C)c4c3)cn2)no1)C(C)C. The van der Waals surface area contributed by atoms with Gasteiger partial charge in [-0.3, -0.25) is 9.78 Å². The number of ether oxygens (including phenoxy) is 6. The number of hydrogen-bond donors (Lipinski definition) is 0. The first-order valence-corrected chi connectivity index (χ1v) is 16.1. The highest BCUT2D eigenvalue weighted by Crippen LogP contribution is 2.33. The minimum Gasteiger partial charge on any atom is -0.475 e. The molecule has 0 aliphatic rings. The molecule has 49 heavy (non-hydrogen) atoms. The number of benzene rings is 1. The lowest BCUT2D eigenvalue weighted by Crippen LogP contribution is -2.27. The maximum absolute atomic E-state index is 13.2. The number of rotatable bonds is 15. The molecule has 0 aliphatic carbocycles. The van der Waals surface area contributed by atoms with Crippen LogP contribution in [0.4, 0.5) is 4.79 Å². The van der Waals surface area contributed by atoms with Gasteiger partial charge in [0.15, 0.2) is 5.76 Å². The van der Waals surface area contributed by atoms with Crippen LogP contribution >= 0.6 is 0 Å². The number of nitrogens with zero attached hydrogens (tertiary/aromatic N) is 4. The molecule has 0 saturated carbocycles. The van der Waals surface area contributed by atoms with Crippen LogP contribution in [0.15, 0.2) is 65.6 Å². The summed E-state index contributed by atoms with van der Waals surface area (Å²) >= 11 is 0. The zero-order valence-corrected chi connectivity index (χ0v) is 28.6. The number of esters is 1. The second-order valence-corrected chi connectivity index (χ2v) is 12.6. The third-order valence-electron chi connectivity index (χ3n) is 7.48. The van der Waals surface area contributed by atoms with Crippen LogP contribution in [0, 0.1) is 5.92 Å². The van der Waals surface area contributed by atoms with Crippen molar-refractivity contribution in [3.63, 3.8) is 0 Å². The van der Waals surface area contributed by atoms with E-state index in [1.54, 1.807) is 35.3 Å². The molecule has 0 saturated heterocycles. The first kappa shape index (κ1) is 35.3. The van der Waals surface area contributed by atoms with Crippen molar-refractivity contribution in [2.24, 2.45) is 5.92 Å².